The topological polar surface area (TPSA) is 113 Å². The Morgan fingerprint density at radius 1 is 1.29 bits per heavy atom. The Labute approximate surface area is 196 Å². The van der Waals surface area contributed by atoms with Gasteiger partial charge in [-0.25, -0.2) is 14.8 Å². The van der Waals surface area contributed by atoms with Gasteiger partial charge < -0.3 is 15.2 Å². The highest BCUT2D eigenvalue weighted by Crippen LogP contribution is 2.29. The van der Waals surface area contributed by atoms with Gasteiger partial charge in [-0.2, -0.15) is 5.26 Å². The van der Waals surface area contributed by atoms with E-state index in [0.29, 0.717) is 30.0 Å². The number of rotatable bonds is 6. The molecule has 0 aliphatic carbocycles. The van der Waals surface area contributed by atoms with Crippen LogP contribution >= 0.6 is 0 Å². The molecule has 4 aromatic rings. The summed E-state index contributed by atoms with van der Waals surface area (Å²) in [6, 6.07) is 11.4. The zero-order valence-corrected chi connectivity index (χ0v) is 18.9. The molecule has 34 heavy (non-hydrogen) atoms. The summed E-state index contributed by atoms with van der Waals surface area (Å²) in [5.41, 5.74) is 6.28. The summed E-state index contributed by atoms with van der Waals surface area (Å²) in [5.74, 6) is 0.381. The van der Waals surface area contributed by atoms with Crippen LogP contribution in [0.3, 0.4) is 0 Å². The highest BCUT2D eigenvalue weighted by Gasteiger charge is 2.25. The Morgan fingerprint density at radius 2 is 2.15 bits per heavy atom. The molecule has 0 unspecified atom stereocenters. The third kappa shape index (κ3) is 3.71. The van der Waals surface area contributed by atoms with Crippen LogP contribution in [0.1, 0.15) is 49.8 Å². The molecule has 1 aliphatic rings. The van der Waals surface area contributed by atoms with Gasteiger partial charge in [0.15, 0.2) is 0 Å². The molecule has 1 aliphatic heterocycles. The van der Waals surface area contributed by atoms with E-state index in [1.54, 1.807) is 24.5 Å². The van der Waals surface area contributed by atoms with Crippen molar-refractivity contribution in [2.75, 3.05) is 6.54 Å². The summed E-state index contributed by atoms with van der Waals surface area (Å²) in [6.07, 6.45) is 4.57. The SMILES string of the molecule is Cc1cc(-n2cc(CNC[C@H](O)c3ccc4c(c3C)COC4=O)c3cccnc32)ncc1C#N. The van der Waals surface area contributed by atoms with Crippen molar-refractivity contribution in [2.45, 2.75) is 33.1 Å². The molecule has 170 valence electrons. The number of cyclic esters (lactones) is 1. The van der Waals surface area contributed by atoms with E-state index < -0.39 is 6.10 Å². The van der Waals surface area contributed by atoms with Gasteiger partial charge in [-0.3, -0.25) is 4.57 Å². The van der Waals surface area contributed by atoms with E-state index in [1.165, 1.54) is 0 Å². The number of ether oxygens (including phenoxy) is 1. The van der Waals surface area contributed by atoms with Crippen molar-refractivity contribution in [1.29, 1.82) is 5.26 Å². The first-order valence-corrected chi connectivity index (χ1v) is 11.0. The first-order valence-electron chi connectivity index (χ1n) is 11.0. The number of nitrogens with one attached hydrogen (secondary N) is 1. The maximum atomic E-state index is 11.8. The molecule has 0 radical (unpaired) electrons. The third-order valence-corrected chi connectivity index (χ3v) is 6.33. The number of nitriles is 1. The summed E-state index contributed by atoms with van der Waals surface area (Å²) in [4.78, 5) is 20.7. The second kappa shape index (κ2) is 8.71. The molecule has 8 heteroatoms. The first kappa shape index (κ1) is 21.8. The maximum Gasteiger partial charge on any atom is 0.338 e. The molecule has 0 fully saturated rings. The van der Waals surface area contributed by atoms with Gasteiger partial charge in [0.1, 0.15) is 24.1 Å². The smallest absolute Gasteiger partial charge is 0.338 e. The zero-order chi connectivity index (χ0) is 23.8. The molecule has 0 saturated carbocycles. The van der Waals surface area contributed by atoms with Crippen molar-refractivity contribution in [3.63, 3.8) is 0 Å². The third-order valence-electron chi connectivity index (χ3n) is 6.33. The van der Waals surface area contributed by atoms with Crippen LogP contribution in [-0.4, -0.2) is 32.2 Å². The Morgan fingerprint density at radius 3 is 2.94 bits per heavy atom. The van der Waals surface area contributed by atoms with Crippen LogP contribution < -0.4 is 5.32 Å². The highest BCUT2D eigenvalue weighted by atomic mass is 16.5. The number of fused-ring (bicyclic) bond motifs is 2. The van der Waals surface area contributed by atoms with E-state index in [9.17, 15) is 15.2 Å². The van der Waals surface area contributed by atoms with Crippen LogP contribution in [0.5, 0.6) is 0 Å². The Kier molecular flexibility index (Phi) is 5.57. The number of carbonyl (C=O) groups excluding carboxylic acids is 1. The van der Waals surface area contributed by atoms with Crippen molar-refractivity contribution in [1.82, 2.24) is 19.9 Å². The van der Waals surface area contributed by atoms with Crippen molar-refractivity contribution in [3.8, 4) is 11.9 Å². The standard InChI is InChI=1S/C26H23N5O3/c1-15-8-24(30-11-17(15)9-27)31-13-18(20-4-3-7-29-25(20)31)10-28-12-23(32)19-5-6-21-22(16(19)2)14-34-26(21)33/h3-8,11,13,23,28,32H,10,12,14H2,1-2H3/t23-/m0/s1. The summed E-state index contributed by atoms with van der Waals surface area (Å²) in [5, 5.41) is 24.3. The van der Waals surface area contributed by atoms with Crippen molar-refractivity contribution >= 4 is 17.0 Å². The van der Waals surface area contributed by atoms with E-state index in [2.05, 4.69) is 21.4 Å². The molecule has 0 saturated heterocycles. The normalized spacial score (nSPS) is 13.5. The lowest BCUT2D eigenvalue weighted by Crippen LogP contribution is -2.21. The van der Waals surface area contributed by atoms with Gasteiger partial charge in [0, 0.05) is 42.6 Å². The molecule has 5 rings (SSSR count). The summed E-state index contributed by atoms with van der Waals surface area (Å²) in [6.45, 7) is 4.91. The fourth-order valence-electron chi connectivity index (χ4n) is 4.41. The molecule has 8 nitrogen and oxygen atoms in total. The number of esters is 1. The van der Waals surface area contributed by atoms with E-state index in [-0.39, 0.29) is 12.6 Å². The molecule has 1 aromatic carbocycles. The van der Waals surface area contributed by atoms with Crippen molar-refractivity contribution in [3.05, 3.63) is 87.9 Å². The van der Waals surface area contributed by atoms with Gasteiger partial charge in [-0.1, -0.05) is 6.07 Å². The number of carbonyl (C=O) groups is 1. The Hall–Kier alpha value is -4.06. The van der Waals surface area contributed by atoms with Gasteiger partial charge in [0.05, 0.1) is 17.2 Å². The van der Waals surface area contributed by atoms with E-state index in [1.807, 2.05) is 42.8 Å². The van der Waals surface area contributed by atoms with Gasteiger partial charge in [-0.05, 0) is 60.4 Å². The van der Waals surface area contributed by atoms with E-state index in [4.69, 9.17) is 4.74 Å². The molecule has 0 amide bonds. The van der Waals surface area contributed by atoms with Crippen LogP contribution in [0.2, 0.25) is 0 Å². The quantitative estimate of drug-likeness (QED) is 0.430. The van der Waals surface area contributed by atoms with Gasteiger partial charge in [0.2, 0.25) is 0 Å². The van der Waals surface area contributed by atoms with Crippen molar-refractivity contribution in [2.24, 2.45) is 0 Å². The van der Waals surface area contributed by atoms with Crippen LogP contribution in [0, 0.1) is 25.2 Å². The number of aryl methyl sites for hydroxylation is 1. The van der Waals surface area contributed by atoms with Gasteiger partial charge in [0.25, 0.3) is 0 Å². The number of aliphatic hydroxyl groups is 1. The average molecular weight is 454 g/mol. The molecule has 0 spiro atoms. The van der Waals surface area contributed by atoms with Crippen molar-refractivity contribution < 1.29 is 14.6 Å². The lowest BCUT2D eigenvalue weighted by Gasteiger charge is -2.16. The molecule has 4 heterocycles. The lowest BCUT2D eigenvalue weighted by molar-refractivity contribution is 0.0535. The second-order valence-electron chi connectivity index (χ2n) is 8.40. The van der Waals surface area contributed by atoms with E-state index in [0.717, 1.165) is 38.9 Å². The maximum absolute atomic E-state index is 11.8. The molecular weight excluding hydrogens is 430 g/mol. The Bertz CT molecular complexity index is 1470. The monoisotopic (exact) mass is 453 g/mol. The molecule has 3 aromatic heterocycles. The predicted octanol–water partition coefficient (Wildman–Crippen LogP) is 3.40. The number of pyridine rings is 2. The lowest BCUT2D eigenvalue weighted by atomic mass is 9.95. The summed E-state index contributed by atoms with van der Waals surface area (Å²) >= 11 is 0. The largest absolute Gasteiger partial charge is 0.457 e. The minimum absolute atomic E-state index is 0.253. The molecule has 2 N–H and O–H groups in total. The summed E-state index contributed by atoms with van der Waals surface area (Å²) in [7, 11) is 0. The highest BCUT2D eigenvalue weighted by molar-refractivity contribution is 5.94. The zero-order valence-electron chi connectivity index (χ0n) is 18.9. The number of nitrogens with zero attached hydrogens (tertiary/aromatic N) is 4. The molecule has 1 atom stereocenters. The van der Waals surface area contributed by atoms with E-state index >= 15 is 0 Å². The first-order chi connectivity index (χ1) is 16.5. The minimum Gasteiger partial charge on any atom is -0.457 e. The molecular formula is C26H23N5O3. The van der Waals surface area contributed by atoms with Gasteiger partial charge >= 0.3 is 5.97 Å². The predicted molar refractivity (Wildman–Crippen MR) is 125 cm³/mol. The fraction of sp³-hybridized carbons (Fsp3) is 0.231. The Balaban J connectivity index is 1.36. The average Bonchev–Trinajstić information content (AvgIpc) is 3.40. The number of aromatic nitrogens is 3. The minimum atomic E-state index is -0.727. The number of benzene rings is 1. The fourth-order valence-corrected chi connectivity index (χ4v) is 4.41. The molecule has 0 bridgehead atoms. The summed E-state index contributed by atoms with van der Waals surface area (Å²) < 4.78 is 7.03. The number of hydrogen-bond acceptors (Lipinski definition) is 7. The number of hydrogen-bond donors (Lipinski definition) is 2. The van der Waals surface area contributed by atoms with Crippen LogP contribution in [0.4, 0.5) is 0 Å². The van der Waals surface area contributed by atoms with Crippen LogP contribution in [0.25, 0.3) is 16.9 Å². The number of aliphatic hydroxyl groups excluding tert-OH is 1. The van der Waals surface area contributed by atoms with Crippen LogP contribution in [0.15, 0.2) is 48.9 Å². The van der Waals surface area contributed by atoms with Gasteiger partial charge in [-0.15, -0.1) is 0 Å². The second-order valence-corrected chi connectivity index (χ2v) is 8.40. The van der Waals surface area contributed by atoms with Crippen LogP contribution in [-0.2, 0) is 17.9 Å².